The van der Waals surface area contributed by atoms with Crippen LogP contribution in [0.1, 0.15) is 16.8 Å². The summed E-state index contributed by atoms with van der Waals surface area (Å²) in [7, 11) is 0. The first-order chi connectivity index (χ1) is 9.19. The van der Waals surface area contributed by atoms with Crippen molar-refractivity contribution < 1.29 is 4.79 Å². The predicted molar refractivity (Wildman–Crippen MR) is 77.7 cm³/mol. The molecule has 4 heteroatoms. The number of rotatable bonds is 1. The molecule has 0 unspecified atom stereocenters. The first kappa shape index (κ1) is 12.5. The van der Waals surface area contributed by atoms with Gasteiger partial charge in [0.05, 0.1) is 0 Å². The number of nitrogens with zero attached hydrogens (tertiary/aromatic N) is 1. The summed E-state index contributed by atoms with van der Waals surface area (Å²) in [6.07, 6.45) is 1.78. The summed E-state index contributed by atoms with van der Waals surface area (Å²) in [6, 6.07) is 6.49. The monoisotopic (exact) mass is 276 g/mol. The second-order valence-electron chi connectivity index (χ2n) is 5.15. The van der Waals surface area contributed by atoms with Crippen LogP contribution >= 0.6 is 11.6 Å². The number of carbonyl (C=O) groups excluding carboxylic acids is 1. The van der Waals surface area contributed by atoms with E-state index in [2.05, 4.69) is 30.1 Å². The van der Waals surface area contributed by atoms with E-state index in [0.717, 1.165) is 25.9 Å². The minimum atomic E-state index is 0.0345. The SMILES string of the molecule is Cc1ccc2[nH]c3c(c2c1)CCN(C(=O)CCl)CC3. The number of hydrogen-bond acceptors (Lipinski definition) is 1. The van der Waals surface area contributed by atoms with Crippen LogP contribution in [0.4, 0.5) is 0 Å². The zero-order valence-corrected chi connectivity index (χ0v) is 11.8. The van der Waals surface area contributed by atoms with Crippen LogP contribution in [0.25, 0.3) is 10.9 Å². The largest absolute Gasteiger partial charge is 0.358 e. The smallest absolute Gasteiger partial charge is 0.237 e. The topological polar surface area (TPSA) is 36.1 Å². The van der Waals surface area contributed by atoms with E-state index in [4.69, 9.17) is 11.6 Å². The summed E-state index contributed by atoms with van der Waals surface area (Å²) in [5, 5.41) is 1.30. The zero-order chi connectivity index (χ0) is 13.4. The summed E-state index contributed by atoms with van der Waals surface area (Å²) in [5.74, 6) is 0.112. The molecule has 2 heterocycles. The summed E-state index contributed by atoms with van der Waals surface area (Å²) < 4.78 is 0. The summed E-state index contributed by atoms with van der Waals surface area (Å²) in [5.41, 5.74) is 5.11. The highest BCUT2D eigenvalue weighted by atomic mass is 35.5. The van der Waals surface area contributed by atoms with Crippen LogP contribution in [0.2, 0.25) is 0 Å². The van der Waals surface area contributed by atoms with Gasteiger partial charge < -0.3 is 9.88 Å². The van der Waals surface area contributed by atoms with Gasteiger partial charge in [0.1, 0.15) is 5.88 Å². The number of benzene rings is 1. The van der Waals surface area contributed by atoms with Crippen LogP contribution in [0.15, 0.2) is 18.2 Å². The number of aromatic nitrogens is 1. The molecular weight excluding hydrogens is 260 g/mol. The van der Waals surface area contributed by atoms with Gasteiger partial charge in [0, 0.05) is 36.1 Å². The molecule has 0 radical (unpaired) electrons. The highest BCUT2D eigenvalue weighted by Gasteiger charge is 2.20. The molecule has 0 aliphatic carbocycles. The lowest BCUT2D eigenvalue weighted by molar-refractivity contribution is -0.128. The van der Waals surface area contributed by atoms with Gasteiger partial charge in [0.15, 0.2) is 0 Å². The van der Waals surface area contributed by atoms with Gasteiger partial charge in [0.25, 0.3) is 0 Å². The maximum atomic E-state index is 11.7. The van der Waals surface area contributed by atoms with E-state index in [1.807, 2.05) is 4.90 Å². The molecule has 0 saturated heterocycles. The molecule has 1 aliphatic rings. The molecule has 100 valence electrons. The molecule has 1 N–H and O–H groups in total. The van der Waals surface area contributed by atoms with Gasteiger partial charge in [-0.15, -0.1) is 11.6 Å². The maximum absolute atomic E-state index is 11.7. The number of fused-ring (bicyclic) bond motifs is 3. The van der Waals surface area contributed by atoms with Crippen molar-refractivity contribution >= 4 is 28.4 Å². The number of carbonyl (C=O) groups is 1. The van der Waals surface area contributed by atoms with Crippen molar-refractivity contribution in [2.45, 2.75) is 19.8 Å². The van der Waals surface area contributed by atoms with Gasteiger partial charge in [0.2, 0.25) is 5.91 Å². The molecule has 3 nitrogen and oxygen atoms in total. The number of hydrogen-bond donors (Lipinski definition) is 1. The minimum absolute atomic E-state index is 0.0345. The fourth-order valence-corrected chi connectivity index (χ4v) is 3.02. The lowest BCUT2D eigenvalue weighted by Gasteiger charge is -2.18. The number of H-pyrrole nitrogens is 1. The zero-order valence-electron chi connectivity index (χ0n) is 11.0. The Balaban J connectivity index is 1.96. The lowest BCUT2D eigenvalue weighted by atomic mass is 10.1. The van der Waals surface area contributed by atoms with Crippen LogP contribution in [0.5, 0.6) is 0 Å². The Labute approximate surface area is 117 Å². The molecule has 0 fully saturated rings. The van der Waals surface area contributed by atoms with Crippen LogP contribution in [0, 0.1) is 6.92 Å². The Hall–Kier alpha value is -1.48. The van der Waals surface area contributed by atoms with E-state index in [9.17, 15) is 4.79 Å². The van der Waals surface area contributed by atoms with Crippen LogP contribution in [-0.4, -0.2) is 34.8 Å². The third-order valence-electron chi connectivity index (χ3n) is 3.88. The Morgan fingerprint density at radius 2 is 2.16 bits per heavy atom. The van der Waals surface area contributed by atoms with Crippen LogP contribution in [0.3, 0.4) is 0 Å². The molecule has 0 spiro atoms. The van der Waals surface area contributed by atoms with Crippen molar-refractivity contribution in [2.24, 2.45) is 0 Å². The summed E-state index contributed by atoms with van der Waals surface area (Å²) in [4.78, 5) is 17.0. The summed E-state index contributed by atoms with van der Waals surface area (Å²) in [6.45, 7) is 3.63. The number of alkyl halides is 1. The van der Waals surface area contributed by atoms with Crippen molar-refractivity contribution in [1.82, 2.24) is 9.88 Å². The van der Waals surface area contributed by atoms with Crippen molar-refractivity contribution in [2.75, 3.05) is 19.0 Å². The third kappa shape index (κ3) is 2.23. The van der Waals surface area contributed by atoms with E-state index in [-0.39, 0.29) is 11.8 Å². The first-order valence-corrected chi connectivity index (χ1v) is 7.16. The van der Waals surface area contributed by atoms with Gasteiger partial charge in [-0.25, -0.2) is 0 Å². The van der Waals surface area contributed by atoms with Crippen LogP contribution in [-0.2, 0) is 17.6 Å². The fourth-order valence-electron chi connectivity index (χ4n) is 2.86. The van der Waals surface area contributed by atoms with E-state index in [0.29, 0.717) is 0 Å². The molecule has 1 aliphatic heterocycles. The van der Waals surface area contributed by atoms with Gasteiger partial charge >= 0.3 is 0 Å². The highest BCUT2D eigenvalue weighted by molar-refractivity contribution is 6.27. The second-order valence-corrected chi connectivity index (χ2v) is 5.41. The highest BCUT2D eigenvalue weighted by Crippen LogP contribution is 2.26. The van der Waals surface area contributed by atoms with Gasteiger partial charge in [-0.1, -0.05) is 11.6 Å². The Morgan fingerprint density at radius 1 is 1.37 bits per heavy atom. The number of halogens is 1. The molecule has 2 aromatic rings. The molecule has 1 aromatic heterocycles. The Morgan fingerprint density at radius 3 is 2.95 bits per heavy atom. The van der Waals surface area contributed by atoms with Gasteiger partial charge in [-0.05, 0) is 31.0 Å². The molecule has 19 heavy (non-hydrogen) atoms. The number of nitrogens with one attached hydrogen (secondary N) is 1. The standard InChI is InChI=1S/C15H17ClN2O/c1-10-2-3-13-12(8-10)11-4-6-18(15(19)9-16)7-5-14(11)17-13/h2-3,8,17H,4-7,9H2,1H3. The van der Waals surface area contributed by atoms with Crippen LogP contribution < -0.4 is 0 Å². The maximum Gasteiger partial charge on any atom is 0.237 e. The van der Waals surface area contributed by atoms with Crippen molar-refractivity contribution in [3.05, 3.63) is 35.0 Å². The first-order valence-electron chi connectivity index (χ1n) is 6.63. The average Bonchev–Trinajstić information content (AvgIpc) is 2.62. The molecular formula is C15H17ClN2O. The predicted octanol–water partition coefficient (Wildman–Crippen LogP) is 2.64. The van der Waals surface area contributed by atoms with E-state index >= 15 is 0 Å². The number of aryl methyl sites for hydroxylation is 1. The van der Waals surface area contributed by atoms with Crippen molar-refractivity contribution in [3.8, 4) is 0 Å². The molecule has 0 atom stereocenters. The molecule has 0 saturated carbocycles. The molecule has 1 amide bonds. The van der Waals surface area contributed by atoms with Crippen molar-refractivity contribution in [1.29, 1.82) is 0 Å². The van der Waals surface area contributed by atoms with E-state index in [1.165, 1.54) is 27.7 Å². The molecule has 3 rings (SSSR count). The summed E-state index contributed by atoms with van der Waals surface area (Å²) >= 11 is 5.64. The van der Waals surface area contributed by atoms with E-state index < -0.39 is 0 Å². The fraction of sp³-hybridized carbons (Fsp3) is 0.400. The minimum Gasteiger partial charge on any atom is -0.358 e. The van der Waals surface area contributed by atoms with Gasteiger partial charge in [-0.2, -0.15) is 0 Å². The quantitative estimate of drug-likeness (QED) is 0.799. The number of amides is 1. The Kier molecular flexibility index (Phi) is 3.23. The lowest BCUT2D eigenvalue weighted by Crippen LogP contribution is -2.34. The van der Waals surface area contributed by atoms with Crippen molar-refractivity contribution in [3.63, 3.8) is 0 Å². The Bertz CT molecular complexity index is 632. The normalized spacial score (nSPS) is 15.4. The van der Waals surface area contributed by atoms with Gasteiger partial charge in [-0.3, -0.25) is 4.79 Å². The average molecular weight is 277 g/mol. The van der Waals surface area contributed by atoms with E-state index in [1.54, 1.807) is 0 Å². The molecule has 0 bridgehead atoms. The third-order valence-corrected chi connectivity index (χ3v) is 4.11. The second kappa shape index (κ2) is 4.89. The molecule has 1 aromatic carbocycles. The number of aromatic amines is 1.